The van der Waals surface area contributed by atoms with Gasteiger partial charge in [0.2, 0.25) is 5.91 Å². The summed E-state index contributed by atoms with van der Waals surface area (Å²) in [7, 11) is 0. The molecule has 1 aliphatic rings. The second-order valence-electron chi connectivity index (χ2n) is 5.83. The van der Waals surface area contributed by atoms with Crippen LogP contribution in [-0.4, -0.2) is 28.6 Å². The zero-order valence-corrected chi connectivity index (χ0v) is 12.5. The molecule has 0 aromatic heterocycles. The minimum absolute atomic E-state index is 0.0468. The summed E-state index contributed by atoms with van der Waals surface area (Å²) in [6, 6.07) is 6.42. The van der Waals surface area contributed by atoms with Gasteiger partial charge in [-0.3, -0.25) is 14.9 Å². The SMILES string of the molecule is O=C(CCc1cccc([N+](=O)[O-])c1)N[C@H]1CCCC[C@H]1CO. The third kappa shape index (κ3) is 4.53. The van der Waals surface area contributed by atoms with Crippen LogP contribution in [0.2, 0.25) is 0 Å². The van der Waals surface area contributed by atoms with E-state index in [2.05, 4.69) is 5.32 Å². The molecule has 6 nitrogen and oxygen atoms in total. The Morgan fingerprint density at radius 2 is 2.14 bits per heavy atom. The van der Waals surface area contributed by atoms with Crippen LogP contribution in [0.3, 0.4) is 0 Å². The molecule has 1 aromatic carbocycles. The molecule has 0 heterocycles. The van der Waals surface area contributed by atoms with Crippen molar-refractivity contribution in [2.45, 2.75) is 44.6 Å². The van der Waals surface area contributed by atoms with E-state index < -0.39 is 4.92 Å². The van der Waals surface area contributed by atoms with Gasteiger partial charge in [-0.05, 0) is 24.8 Å². The molecule has 2 atom stereocenters. The quantitative estimate of drug-likeness (QED) is 0.622. The number of nitrogens with zero attached hydrogens (tertiary/aromatic N) is 1. The lowest BCUT2D eigenvalue weighted by atomic mass is 9.85. The number of nitrogens with one attached hydrogen (secondary N) is 1. The molecule has 120 valence electrons. The first-order chi connectivity index (χ1) is 10.6. The Hall–Kier alpha value is -1.95. The van der Waals surface area contributed by atoms with E-state index in [1.807, 2.05) is 0 Å². The Morgan fingerprint density at radius 1 is 1.36 bits per heavy atom. The fourth-order valence-electron chi connectivity index (χ4n) is 2.98. The van der Waals surface area contributed by atoms with Crippen LogP contribution in [0, 0.1) is 16.0 Å². The van der Waals surface area contributed by atoms with Crippen LogP contribution < -0.4 is 5.32 Å². The number of nitro groups is 1. The number of benzene rings is 1. The molecule has 1 amide bonds. The first-order valence-electron chi connectivity index (χ1n) is 7.73. The highest BCUT2D eigenvalue weighted by atomic mass is 16.6. The number of nitro benzene ring substituents is 1. The molecule has 6 heteroatoms. The third-order valence-electron chi connectivity index (χ3n) is 4.25. The van der Waals surface area contributed by atoms with Gasteiger partial charge < -0.3 is 10.4 Å². The monoisotopic (exact) mass is 306 g/mol. The molecular weight excluding hydrogens is 284 g/mol. The van der Waals surface area contributed by atoms with E-state index in [-0.39, 0.29) is 30.2 Å². The Labute approximate surface area is 129 Å². The van der Waals surface area contributed by atoms with Crippen LogP contribution in [0.4, 0.5) is 5.69 Å². The number of aryl methyl sites for hydroxylation is 1. The van der Waals surface area contributed by atoms with Crippen LogP contribution in [0.5, 0.6) is 0 Å². The fraction of sp³-hybridized carbons (Fsp3) is 0.562. The smallest absolute Gasteiger partial charge is 0.269 e. The van der Waals surface area contributed by atoms with Gasteiger partial charge in [-0.1, -0.05) is 25.0 Å². The summed E-state index contributed by atoms with van der Waals surface area (Å²) in [5.74, 6) is 0.0902. The van der Waals surface area contributed by atoms with Gasteiger partial charge in [0, 0.05) is 37.1 Å². The maximum Gasteiger partial charge on any atom is 0.269 e. The predicted octanol–water partition coefficient (Wildman–Crippen LogP) is 2.19. The molecule has 2 rings (SSSR count). The Kier molecular flexibility index (Phi) is 5.89. The topological polar surface area (TPSA) is 92.5 Å². The highest BCUT2D eigenvalue weighted by Gasteiger charge is 2.25. The maximum atomic E-state index is 12.0. The standard InChI is InChI=1S/C16H22N2O4/c19-11-13-5-1-2-7-15(13)17-16(20)9-8-12-4-3-6-14(10-12)18(21)22/h3-4,6,10,13,15,19H,1-2,5,7-9,11H2,(H,17,20)/t13-,15-/m0/s1. The highest BCUT2D eigenvalue weighted by molar-refractivity contribution is 5.76. The molecular formula is C16H22N2O4. The number of hydrogen-bond donors (Lipinski definition) is 2. The second-order valence-corrected chi connectivity index (χ2v) is 5.83. The van der Waals surface area contributed by atoms with Gasteiger partial charge in [-0.25, -0.2) is 0 Å². The first-order valence-corrected chi connectivity index (χ1v) is 7.73. The minimum atomic E-state index is -0.433. The lowest BCUT2D eigenvalue weighted by Crippen LogP contribution is -2.43. The molecule has 0 aliphatic heterocycles. The Balaban J connectivity index is 1.84. The lowest BCUT2D eigenvalue weighted by molar-refractivity contribution is -0.384. The Bertz CT molecular complexity index is 533. The number of aliphatic hydroxyl groups is 1. The van der Waals surface area contributed by atoms with Crippen molar-refractivity contribution in [3.8, 4) is 0 Å². The average molecular weight is 306 g/mol. The van der Waals surface area contributed by atoms with Crippen LogP contribution in [0.1, 0.15) is 37.7 Å². The van der Waals surface area contributed by atoms with E-state index in [9.17, 15) is 20.0 Å². The molecule has 0 spiro atoms. The minimum Gasteiger partial charge on any atom is -0.396 e. The molecule has 0 radical (unpaired) electrons. The van der Waals surface area contributed by atoms with E-state index in [1.165, 1.54) is 12.1 Å². The van der Waals surface area contributed by atoms with Gasteiger partial charge in [-0.15, -0.1) is 0 Å². The van der Waals surface area contributed by atoms with E-state index >= 15 is 0 Å². The van der Waals surface area contributed by atoms with Crippen molar-refractivity contribution in [3.63, 3.8) is 0 Å². The number of non-ortho nitro benzene ring substituents is 1. The van der Waals surface area contributed by atoms with Gasteiger partial charge in [0.15, 0.2) is 0 Å². The Morgan fingerprint density at radius 3 is 2.86 bits per heavy atom. The lowest BCUT2D eigenvalue weighted by Gasteiger charge is -2.30. The van der Waals surface area contributed by atoms with E-state index in [4.69, 9.17) is 0 Å². The number of hydrogen-bond acceptors (Lipinski definition) is 4. The average Bonchev–Trinajstić information content (AvgIpc) is 2.53. The summed E-state index contributed by atoms with van der Waals surface area (Å²) in [5, 5.41) is 23.1. The predicted molar refractivity (Wildman–Crippen MR) is 82.4 cm³/mol. The van der Waals surface area contributed by atoms with Crippen LogP contribution in [0.15, 0.2) is 24.3 Å². The van der Waals surface area contributed by atoms with Crippen LogP contribution in [-0.2, 0) is 11.2 Å². The molecule has 1 aromatic rings. The van der Waals surface area contributed by atoms with Crippen LogP contribution in [0.25, 0.3) is 0 Å². The van der Waals surface area contributed by atoms with Crippen LogP contribution >= 0.6 is 0 Å². The largest absolute Gasteiger partial charge is 0.396 e. The van der Waals surface area contributed by atoms with Gasteiger partial charge >= 0.3 is 0 Å². The second kappa shape index (κ2) is 7.89. The van der Waals surface area contributed by atoms with Crippen molar-refractivity contribution in [2.75, 3.05) is 6.61 Å². The van der Waals surface area contributed by atoms with Crippen molar-refractivity contribution in [2.24, 2.45) is 5.92 Å². The zero-order valence-electron chi connectivity index (χ0n) is 12.5. The van der Waals surface area contributed by atoms with E-state index in [0.29, 0.717) is 12.8 Å². The van der Waals surface area contributed by atoms with Crippen molar-refractivity contribution in [1.29, 1.82) is 0 Å². The summed E-state index contributed by atoms with van der Waals surface area (Å²) in [4.78, 5) is 22.3. The van der Waals surface area contributed by atoms with Gasteiger partial charge in [0.1, 0.15) is 0 Å². The third-order valence-corrected chi connectivity index (χ3v) is 4.25. The van der Waals surface area contributed by atoms with E-state index in [1.54, 1.807) is 12.1 Å². The molecule has 1 saturated carbocycles. The summed E-state index contributed by atoms with van der Waals surface area (Å²) in [6.45, 7) is 0.107. The van der Waals surface area contributed by atoms with E-state index in [0.717, 1.165) is 31.2 Å². The molecule has 1 aliphatic carbocycles. The molecule has 0 bridgehead atoms. The number of carbonyl (C=O) groups excluding carboxylic acids is 1. The number of rotatable bonds is 6. The molecule has 0 unspecified atom stereocenters. The molecule has 2 N–H and O–H groups in total. The van der Waals surface area contributed by atoms with Crippen molar-refractivity contribution in [3.05, 3.63) is 39.9 Å². The fourth-order valence-corrected chi connectivity index (χ4v) is 2.98. The van der Waals surface area contributed by atoms with Crippen molar-refractivity contribution in [1.82, 2.24) is 5.32 Å². The summed E-state index contributed by atoms with van der Waals surface area (Å²) in [6.07, 6.45) is 4.82. The molecule has 1 fully saturated rings. The van der Waals surface area contributed by atoms with Gasteiger partial charge in [0.05, 0.1) is 4.92 Å². The molecule has 0 saturated heterocycles. The summed E-state index contributed by atoms with van der Waals surface area (Å²) >= 11 is 0. The first kappa shape index (κ1) is 16.4. The summed E-state index contributed by atoms with van der Waals surface area (Å²) in [5.41, 5.74) is 0.831. The van der Waals surface area contributed by atoms with Gasteiger partial charge in [0.25, 0.3) is 5.69 Å². The summed E-state index contributed by atoms with van der Waals surface area (Å²) < 4.78 is 0. The normalized spacial score (nSPS) is 21.3. The number of aliphatic hydroxyl groups excluding tert-OH is 1. The van der Waals surface area contributed by atoms with Crippen molar-refractivity contribution < 1.29 is 14.8 Å². The number of amides is 1. The number of carbonyl (C=O) groups is 1. The molecule has 22 heavy (non-hydrogen) atoms. The maximum absolute atomic E-state index is 12.0. The zero-order chi connectivity index (χ0) is 15.9. The van der Waals surface area contributed by atoms with Crippen molar-refractivity contribution >= 4 is 11.6 Å². The highest BCUT2D eigenvalue weighted by Crippen LogP contribution is 2.24. The van der Waals surface area contributed by atoms with Gasteiger partial charge in [-0.2, -0.15) is 0 Å².